The SMILES string of the molecule is CNC12CCC(O)(CC1)CC2. The average Bonchev–Trinajstić information content (AvgIpc) is 2.07. The molecule has 2 heteroatoms. The molecule has 0 saturated heterocycles. The van der Waals surface area contributed by atoms with E-state index in [1.807, 2.05) is 0 Å². The highest BCUT2D eigenvalue weighted by atomic mass is 16.3. The number of nitrogens with one attached hydrogen (secondary N) is 1. The number of fused-ring (bicyclic) bond motifs is 3. The fourth-order valence-electron chi connectivity index (χ4n) is 2.54. The number of hydrogen-bond donors (Lipinski definition) is 2. The predicted octanol–water partition coefficient (Wildman–Crippen LogP) is 1.04. The van der Waals surface area contributed by atoms with Gasteiger partial charge < -0.3 is 10.4 Å². The highest BCUT2D eigenvalue weighted by Gasteiger charge is 2.46. The molecule has 0 aliphatic heterocycles. The van der Waals surface area contributed by atoms with Crippen LogP contribution in [0.5, 0.6) is 0 Å². The van der Waals surface area contributed by atoms with Crippen LogP contribution >= 0.6 is 0 Å². The predicted molar refractivity (Wildman–Crippen MR) is 44.4 cm³/mol. The first-order chi connectivity index (χ1) is 5.18. The van der Waals surface area contributed by atoms with Crippen LogP contribution in [0.15, 0.2) is 0 Å². The monoisotopic (exact) mass is 155 g/mol. The Morgan fingerprint density at radius 1 is 1.00 bits per heavy atom. The molecule has 0 unspecified atom stereocenters. The van der Waals surface area contributed by atoms with Gasteiger partial charge in [0.2, 0.25) is 0 Å². The van der Waals surface area contributed by atoms with Crippen LogP contribution in [0.1, 0.15) is 38.5 Å². The van der Waals surface area contributed by atoms with Gasteiger partial charge in [-0.2, -0.15) is 0 Å². The molecule has 3 aliphatic rings. The molecule has 3 fully saturated rings. The number of aliphatic hydroxyl groups is 1. The summed E-state index contributed by atoms with van der Waals surface area (Å²) >= 11 is 0. The van der Waals surface area contributed by atoms with Gasteiger partial charge in [0.1, 0.15) is 0 Å². The molecule has 0 aromatic carbocycles. The van der Waals surface area contributed by atoms with Crippen LogP contribution in [0.3, 0.4) is 0 Å². The van der Waals surface area contributed by atoms with Gasteiger partial charge in [0.25, 0.3) is 0 Å². The third kappa shape index (κ3) is 1.09. The zero-order valence-corrected chi connectivity index (χ0v) is 7.19. The first-order valence-corrected chi connectivity index (χ1v) is 4.59. The number of rotatable bonds is 1. The van der Waals surface area contributed by atoms with Gasteiger partial charge in [0, 0.05) is 5.54 Å². The van der Waals surface area contributed by atoms with Crippen LogP contribution in [0.25, 0.3) is 0 Å². The van der Waals surface area contributed by atoms with Crippen molar-refractivity contribution in [2.75, 3.05) is 7.05 Å². The molecule has 2 N–H and O–H groups in total. The highest BCUT2D eigenvalue weighted by Crippen LogP contribution is 2.46. The standard InChI is InChI=1S/C9H17NO/c1-10-8-2-5-9(11,6-3-8)7-4-8/h10-11H,2-7H2,1H3. The summed E-state index contributed by atoms with van der Waals surface area (Å²) in [5.74, 6) is 0. The van der Waals surface area contributed by atoms with Crippen LogP contribution in [0, 0.1) is 0 Å². The third-order valence-electron chi connectivity index (χ3n) is 3.74. The minimum Gasteiger partial charge on any atom is -0.390 e. The maximum absolute atomic E-state index is 9.90. The minimum absolute atomic E-state index is 0.279. The van der Waals surface area contributed by atoms with Crippen molar-refractivity contribution in [3.8, 4) is 0 Å². The topological polar surface area (TPSA) is 32.3 Å². The van der Waals surface area contributed by atoms with Gasteiger partial charge >= 0.3 is 0 Å². The molecular weight excluding hydrogens is 138 g/mol. The van der Waals surface area contributed by atoms with Gasteiger partial charge in [0.15, 0.2) is 0 Å². The fraction of sp³-hybridized carbons (Fsp3) is 1.00. The Morgan fingerprint density at radius 3 is 1.82 bits per heavy atom. The van der Waals surface area contributed by atoms with E-state index in [1.54, 1.807) is 0 Å². The van der Waals surface area contributed by atoms with Crippen LogP contribution < -0.4 is 5.32 Å². The van der Waals surface area contributed by atoms with E-state index in [0.717, 1.165) is 19.3 Å². The van der Waals surface area contributed by atoms with Gasteiger partial charge in [-0.05, 0) is 45.6 Å². The molecule has 0 spiro atoms. The lowest BCUT2D eigenvalue weighted by Crippen LogP contribution is -2.56. The van der Waals surface area contributed by atoms with E-state index in [0.29, 0.717) is 5.54 Å². The van der Waals surface area contributed by atoms with Crippen molar-refractivity contribution >= 4 is 0 Å². The van der Waals surface area contributed by atoms with E-state index < -0.39 is 0 Å². The molecule has 11 heavy (non-hydrogen) atoms. The lowest BCUT2D eigenvalue weighted by molar-refractivity contribution is -0.0707. The van der Waals surface area contributed by atoms with E-state index >= 15 is 0 Å². The zero-order valence-electron chi connectivity index (χ0n) is 7.19. The molecule has 0 atom stereocenters. The van der Waals surface area contributed by atoms with Crippen molar-refractivity contribution in [1.29, 1.82) is 0 Å². The molecule has 2 bridgehead atoms. The molecule has 3 saturated carbocycles. The third-order valence-corrected chi connectivity index (χ3v) is 3.74. The van der Waals surface area contributed by atoms with E-state index in [9.17, 15) is 5.11 Å². The molecule has 3 aliphatic carbocycles. The first kappa shape index (κ1) is 7.56. The Hall–Kier alpha value is -0.0800. The summed E-state index contributed by atoms with van der Waals surface area (Å²) in [6.45, 7) is 0. The lowest BCUT2D eigenvalue weighted by Gasteiger charge is -2.50. The quantitative estimate of drug-likeness (QED) is 0.593. The molecule has 64 valence electrons. The smallest absolute Gasteiger partial charge is 0.0649 e. The molecule has 0 amide bonds. The minimum atomic E-state index is -0.279. The Morgan fingerprint density at radius 2 is 1.45 bits per heavy atom. The van der Waals surface area contributed by atoms with Gasteiger partial charge in [-0.15, -0.1) is 0 Å². The zero-order chi connectivity index (χ0) is 7.95. The van der Waals surface area contributed by atoms with Crippen LogP contribution in [-0.4, -0.2) is 23.3 Å². The van der Waals surface area contributed by atoms with Crippen molar-refractivity contribution in [3.63, 3.8) is 0 Å². The maximum Gasteiger partial charge on any atom is 0.0649 e. The van der Waals surface area contributed by atoms with E-state index in [4.69, 9.17) is 0 Å². The summed E-state index contributed by atoms with van der Waals surface area (Å²) in [5, 5.41) is 13.3. The second kappa shape index (κ2) is 2.20. The van der Waals surface area contributed by atoms with Crippen LogP contribution in [-0.2, 0) is 0 Å². The Kier molecular flexibility index (Phi) is 1.52. The average molecular weight is 155 g/mol. The summed E-state index contributed by atoms with van der Waals surface area (Å²) in [5.41, 5.74) is 0.114. The first-order valence-electron chi connectivity index (χ1n) is 4.59. The molecule has 0 heterocycles. The molecule has 0 radical (unpaired) electrons. The number of hydrogen-bond acceptors (Lipinski definition) is 2. The van der Waals surface area contributed by atoms with Crippen LogP contribution in [0.4, 0.5) is 0 Å². The van der Waals surface area contributed by atoms with Gasteiger partial charge in [-0.3, -0.25) is 0 Å². The summed E-state index contributed by atoms with van der Waals surface area (Å²) in [6.07, 6.45) is 6.52. The molecule has 0 aromatic rings. The van der Waals surface area contributed by atoms with Gasteiger partial charge in [0.05, 0.1) is 5.60 Å². The summed E-state index contributed by atoms with van der Waals surface area (Å²) in [7, 11) is 2.05. The van der Waals surface area contributed by atoms with Crippen molar-refractivity contribution in [3.05, 3.63) is 0 Å². The second-order valence-corrected chi connectivity index (χ2v) is 4.25. The maximum atomic E-state index is 9.90. The normalized spacial score (nSPS) is 49.6. The lowest BCUT2D eigenvalue weighted by atomic mass is 9.63. The molecule has 3 rings (SSSR count). The molecular formula is C9H17NO. The van der Waals surface area contributed by atoms with E-state index in [1.165, 1.54) is 19.3 Å². The van der Waals surface area contributed by atoms with Gasteiger partial charge in [-0.1, -0.05) is 0 Å². The van der Waals surface area contributed by atoms with Crippen LogP contribution in [0.2, 0.25) is 0 Å². The van der Waals surface area contributed by atoms with Crippen molar-refractivity contribution < 1.29 is 5.11 Å². The van der Waals surface area contributed by atoms with Crippen molar-refractivity contribution in [2.45, 2.75) is 49.7 Å². The van der Waals surface area contributed by atoms with E-state index in [-0.39, 0.29) is 5.60 Å². The second-order valence-electron chi connectivity index (χ2n) is 4.25. The van der Waals surface area contributed by atoms with Crippen molar-refractivity contribution in [1.82, 2.24) is 5.32 Å². The summed E-state index contributed by atoms with van der Waals surface area (Å²) in [6, 6.07) is 0. The fourth-order valence-corrected chi connectivity index (χ4v) is 2.54. The largest absolute Gasteiger partial charge is 0.390 e. The molecule has 0 aromatic heterocycles. The molecule has 2 nitrogen and oxygen atoms in total. The summed E-state index contributed by atoms with van der Waals surface area (Å²) < 4.78 is 0. The Balaban J connectivity index is 2.12. The Bertz CT molecular complexity index is 142. The highest BCUT2D eigenvalue weighted by molar-refractivity contribution is 5.04. The van der Waals surface area contributed by atoms with Gasteiger partial charge in [-0.25, -0.2) is 0 Å². The Labute approximate surface area is 68.0 Å². The summed E-state index contributed by atoms with van der Waals surface area (Å²) in [4.78, 5) is 0. The van der Waals surface area contributed by atoms with Crippen molar-refractivity contribution in [2.24, 2.45) is 0 Å². The van der Waals surface area contributed by atoms with E-state index in [2.05, 4.69) is 12.4 Å².